The van der Waals surface area contributed by atoms with Crippen molar-refractivity contribution in [3.05, 3.63) is 205 Å². The van der Waals surface area contributed by atoms with Crippen LogP contribution in [0.1, 0.15) is 103 Å². The van der Waals surface area contributed by atoms with Gasteiger partial charge < -0.3 is 57.3 Å². The maximum atomic E-state index is 14.4. The predicted molar refractivity (Wildman–Crippen MR) is 457 cm³/mol. The number of halogens is 3. The molecule has 3 fully saturated rings. The number of hydrogen-bond acceptors (Lipinski definition) is 27. The molecule has 666 valence electrons. The van der Waals surface area contributed by atoms with Crippen molar-refractivity contribution in [2.24, 2.45) is 0 Å². The molecule has 15 rings (SSSR count). The molecular weight excluding hydrogens is 1690 g/mol. The summed E-state index contributed by atoms with van der Waals surface area (Å²) in [5.74, 6) is -0.257. The Bertz CT molecular complexity index is 5950. The van der Waals surface area contributed by atoms with E-state index in [9.17, 15) is 56.3 Å². The van der Waals surface area contributed by atoms with Gasteiger partial charge in [0.25, 0.3) is 16.7 Å². The molecule has 0 saturated carbocycles. The van der Waals surface area contributed by atoms with E-state index in [0.717, 1.165) is 36.7 Å². The molecule has 0 N–H and O–H groups in total. The molecule has 0 spiro atoms. The first-order valence-corrected chi connectivity index (χ1v) is 43.0. The minimum atomic E-state index is -0.824. The lowest BCUT2D eigenvalue weighted by Crippen LogP contribution is -2.45. The summed E-state index contributed by atoms with van der Waals surface area (Å²) in [5.41, 5.74) is 0.0265. The summed E-state index contributed by atoms with van der Waals surface area (Å²) in [6.45, 7) is 9.10. The van der Waals surface area contributed by atoms with E-state index in [-0.39, 0.29) is 116 Å². The van der Waals surface area contributed by atoms with Gasteiger partial charge in [-0.1, -0.05) is 34.0 Å². The standard InChI is InChI=1S/2C28H33FN6O6S.C27H31FN6O6S/c2*1-18-24-25(37)33(13-12-32-11-5-4-6-23(32)36)28(38)34(27(24)42-26(18)35-30-9-10-31-35)17-22(41-15-14-39-2)20-16-19(29)7-8-21(20)40-3;1-17-23-24(36)32(12-11-31-10-4-5-22(31)35)27(37)33(26(23)41-25(17)34-29-8-9-30-34)16-21(40-14-13-38-2)19-15-18(28)6-7-20(19)39-3/h2*7-10,16,22H,4-6,11-15,17H2,1-3H3;6-9,15,21H,4-5,10-14,16H2,1-3H3/t2*22-;21-/m000/s1. The van der Waals surface area contributed by atoms with Gasteiger partial charge in [0.05, 0.1) is 134 Å². The van der Waals surface area contributed by atoms with Crippen LogP contribution in [0.5, 0.6) is 17.2 Å². The fourth-order valence-electron chi connectivity index (χ4n) is 15.5. The van der Waals surface area contributed by atoms with Gasteiger partial charge >= 0.3 is 17.1 Å². The van der Waals surface area contributed by atoms with Crippen LogP contribution in [0.2, 0.25) is 0 Å². The normalized spacial score (nSPS) is 14.5. The number of aryl methyl sites for hydroxylation is 3. The molecular formula is C83H97F3N18O18S3. The lowest BCUT2D eigenvalue weighted by atomic mass is 10.1. The van der Waals surface area contributed by atoms with E-state index in [1.165, 1.54) is 206 Å². The summed E-state index contributed by atoms with van der Waals surface area (Å²) < 4.78 is 102. The van der Waals surface area contributed by atoms with Gasteiger partial charge in [0.1, 0.15) is 82.5 Å². The Hall–Kier alpha value is -11.6. The van der Waals surface area contributed by atoms with Crippen LogP contribution in [-0.2, 0) is 82.1 Å². The molecule has 0 bridgehead atoms. The van der Waals surface area contributed by atoms with E-state index in [1.54, 1.807) is 35.5 Å². The molecule has 0 unspecified atom stereocenters. The number of piperidine rings is 2. The highest BCUT2D eigenvalue weighted by atomic mass is 32.1. The van der Waals surface area contributed by atoms with Gasteiger partial charge in [0.15, 0.2) is 0 Å². The molecule has 12 heterocycles. The van der Waals surface area contributed by atoms with Crippen molar-refractivity contribution < 1.29 is 70.2 Å². The number of carbonyl (C=O) groups is 3. The van der Waals surface area contributed by atoms with E-state index in [1.807, 2.05) is 0 Å². The lowest BCUT2D eigenvalue weighted by Gasteiger charge is -2.27. The number of fused-ring (bicyclic) bond motifs is 3. The molecule has 36 nitrogen and oxygen atoms in total. The van der Waals surface area contributed by atoms with E-state index < -0.39 is 69.5 Å². The monoisotopic (exact) mass is 1790 g/mol. The van der Waals surface area contributed by atoms with Crippen LogP contribution in [0, 0.1) is 38.2 Å². The second kappa shape index (κ2) is 41.9. The molecule has 42 heteroatoms. The lowest BCUT2D eigenvalue weighted by molar-refractivity contribution is -0.134. The zero-order valence-corrected chi connectivity index (χ0v) is 73.0. The topological polar surface area (TPSA) is 368 Å². The number of nitrogens with zero attached hydrogens (tertiary/aromatic N) is 18. The van der Waals surface area contributed by atoms with E-state index in [0.29, 0.717) is 135 Å². The fourth-order valence-corrected chi connectivity index (χ4v) is 19.1. The van der Waals surface area contributed by atoms with Crippen LogP contribution in [0.15, 0.2) is 121 Å². The molecule has 0 radical (unpaired) electrons. The number of ether oxygens (including phenoxy) is 9. The van der Waals surface area contributed by atoms with Crippen molar-refractivity contribution in [2.75, 3.05) is 122 Å². The SMILES string of the molecule is COCCO[C@@H](Cn1c(=O)n(CCN2CCCC2=O)c(=O)c2c(C)c(-n3nccn3)sc21)c1cc(F)ccc1OC.COCCO[C@@H](Cn1c(=O)n(CCN2CCCCC2=O)c(=O)c2c(C)c(-n3nccn3)sc21)c1cc(F)ccc1OC.COCCO[C@@H](Cn1c(=O)n(CCN2CCCCC2=O)c(=O)c2c(C)c(-n3nccn3)sc21)c1cc(F)ccc1OC. The van der Waals surface area contributed by atoms with E-state index >= 15 is 0 Å². The first kappa shape index (κ1) is 91.1. The number of thiophene rings is 3. The predicted octanol–water partition coefficient (Wildman–Crippen LogP) is 7.64. The average Bonchev–Trinajstić information content (AvgIpc) is 1.61. The summed E-state index contributed by atoms with van der Waals surface area (Å²) in [7, 11) is 9.03. The Labute approximate surface area is 724 Å². The van der Waals surface area contributed by atoms with Crippen molar-refractivity contribution in [1.82, 2.24) is 87.1 Å². The molecule has 9 aromatic heterocycles. The molecule has 3 saturated heterocycles. The van der Waals surface area contributed by atoms with Gasteiger partial charge in [-0.3, -0.25) is 56.2 Å². The Morgan fingerprint density at radius 1 is 0.352 bits per heavy atom. The quantitative estimate of drug-likeness (QED) is 0.0340. The second-order valence-electron chi connectivity index (χ2n) is 29.5. The van der Waals surface area contributed by atoms with E-state index in [4.69, 9.17) is 42.6 Å². The first-order valence-electron chi connectivity index (χ1n) is 40.6. The molecule has 3 aliphatic heterocycles. The highest BCUT2D eigenvalue weighted by molar-refractivity contribution is 7.22. The molecule has 125 heavy (non-hydrogen) atoms. The average molecular weight is 1790 g/mol. The number of methoxy groups -OCH3 is 6. The zero-order chi connectivity index (χ0) is 88.7. The fraction of sp³-hybridized carbons (Fsp3) is 0.458. The molecule has 3 amide bonds. The number of amides is 3. The highest BCUT2D eigenvalue weighted by Crippen LogP contribution is 2.39. The van der Waals surface area contributed by atoms with Crippen LogP contribution < -0.4 is 48.0 Å². The van der Waals surface area contributed by atoms with Gasteiger partial charge in [0.2, 0.25) is 17.7 Å². The summed E-state index contributed by atoms with van der Waals surface area (Å²) in [4.78, 5) is 131. The summed E-state index contributed by atoms with van der Waals surface area (Å²) in [5, 5.41) is 28.1. The van der Waals surface area contributed by atoms with Gasteiger partial charge in [-0.05, 0) is 107 Å². The van der Waals surface area contributed by atoms with Gasteiger partial charge in [-0.25, -0.2) is 27.6 Å². The van der Waals surface area contributed by atoms with Crippen LogP contribution in [-0.4, -0.2) is 226 Å². The number of hydrogen-bond donors (Lipinski definition) is 0. The Balaban J connectivity index is 0.000000161. The minimum absolute atomic E-state index is 0.00279. The van der Waals surface area contributed by atoms with Crippen molar-refractivity contribution in [3.63, 3.8) is 0 Å². The van der Waals surface area contributed by atoms with E-state index in [2.05, 4.69) is 30.6 Å². The Morgan fingerprint density at radius 3 is 0.880 bits per heavy atom. The van der Waals surface area contributed by atoms with Crippen molar-refractivity contribution in [3.8, 4) is 32.3 Å². The summed E-state index contributed by atoms with van der Waals surface area (Å²) in [6.07, 6.45) is 12.2. The first-order chi connectivity index (χ1) is 60.5. The zero-order valence-electron chi connectivity index (χ0n) is 70.5. The summed E-state index contributed by atoms with van der Waals surface area (Å²) in [6, 6.07) is 12.3. The van der Waals surface area contributed by atoms with Crippen molar-refractivity contribution in [2.45, 2.75) is 130 Å². The van der Waals surface area contributed by atoms with Crippen LogP contribution in [0.25, 0.3) is 45.7 Å². The summed E-state index contributed by atoms with van der Waals surface area (Å²) >= 11 is 3.62. The molecule has 3 atom stereocenters. The number of benzene rings is 3. The van der Waals surface area contributed by atoms with Crippen molar-refractivity contribution in [1.29, 1.82) is 0 Å². The third kappa shape index (κ3) is 20.2. The second-order valence-corrected chi connectivity index (χ2v) is 32.5. The van der Waals surface area contributed by atoms with Crippen LogP contribution in [0.3, 0.4) is 0 Å². The Kier molecular flexibility index (Phi) is 30.5. The largest absolute Gasteiger partial charge is 0.496 e. The number of likely N-dealkylation sites (tertiary alicyclic amines) is 3. The van der Waals surface area contributed by atoms with Gasteiger partial charge in [0, 0.05) is 133 Å². The minimum Gasteiger partial charge on any atom is -0.496 e. The highest BCUT2D eigenvalue weighted by Gasteiger charge is 2.33. The molecule has 3 aliphatic rings. The van der Waals surface area contributed by atoms with Gasteiger partial charge in [-0.15, -0.1) is 14.4 Å². The third-order valence-electron chi connectivity index (χ3n) is 21.9. The number of aromatic nitrogens is 15. The smallest absolute Gasteiger partial charge is 0.332 e. The number of rotatable bonds is 36. The third-order valence-corrected chi connectivity index (χ3v) is 25.7. The maximum Gasteiger partial charge on any atom is 0.332 e. The number of carbonyl (C=O) groups excluding carboxylic acids is 3. The van der Waals surface area contributed by atoms with Crippen LogP contribution in [0.4, 0.5) is 13.2 Å². The molecule has 0 aliphatic carbocycles. The van der Waals surface area contributed by atoms with Crippen LogP contribution >= 0.6 is 34.0 Å². The Morgan fingerprint density at radius 2 is 0.624 bits per heavy atom. The van der Waals surface area contributed by atoms with Gasteiger partial charge in [-0.2, -0.15) is 30.6 Å². The van der Waals surface area contributed by atoms with Crippen molar-refractivity contribution >= 4 is 82.4 Å². The molecule has 3 aromatic carbocycles. The maximum absolute atomic E-state index is 14.4. The molecule has 12 aromatic rings.